The second-order valence-electron chi connectivity index (χ2n) is 9.33. The highest BCUT2D eigenvalue weighted by molar-refractivity contribution is 5.89. The van der Waals surface area contributed by atoms with Gasteiger partial charge in [-0.1, -0.05) is 6.42 Å². The van der Waals surface area contributed by atoms with Crippen LogP contribution >= 0.6 is 0 Å². The Hall–Kier alpha value is -2.54. The summed E-state index contributed by atoms with van der Waals surface area (Å²) in [7, 11) is 1.74. The number of benzene rings is 1. The fraction of sp³-hybridized carbons (Fsp3) is 0.615. The minimum atomic E-state index is -0.250. The van der Waals surface area contributed by atoms with Crippen LogP contribution in [0.3, 0.4) is 0 Å². The van der Waals surface area contributed by atoms with Crippen molar-refractivity contribution >= 4 is 23.2 Å². The van der Waals surface area contributed by atoms with E-state index in [4.69, 9.17) is 24.4 Å². The zero-order valence-electron chi connectivity index (χ0n) is 19.8. The number of rotatable bonds is 9. The lowest BCUT2D eigenvalue weighted by atomic mass is 9.85. The predicted octanol–water partition coefficient (Wildman–Crippen LogP) is 4.51. The zero-order valence-corrected chi connectivity index (χ0v) is 19.8. The van der Waals surface area contributed by atoms with Gasteiger partial charge in [-0.15, -0.1) is 0 Å². The van der Waals surface area contributed by atoms with Crippen LogP contribution < -0.4 is 14.8 Å². The topological polar surface area (TPSA) is 83.9 Å². The molecule has 0 amide bonds. The highest BCUT2D eigenvalue weighted by atomic mass is 16.5. The SMILES string of the molecule is COc1cc2c3c(c(NCC4CCC4)nc2cc1OCCCN1CCCC1)CCC3.O=CO. The molecule has 0 bridgehead atoms. The Morgan fingerprint density at radius 1 is 1.12 bits per heavy atom. The van der Waals surface area contributed by atoms with Gasteiger partial charge in [0.05, 0.1) is 19.2 Å². The summed E-state index contributed by atoms with van der Waals surface area (Å²) < 4.78 is 11.9. The van der Waals surface area contributed by atoms with Gasteiger partial charge in [-0.05, 0) is 87.6 Å². The number of fused-ring (bicyclic) bond motifs is 3. The number of aryl methyl sites for hydroxylation is 1. The summed E-state index contributed by atoms with van der Waals surface area (Å²) in [4.78, 5) is 15.9. The summed E-state index contributed by atoms with van der Waals surface area (Å²) in [6.07, 6.45) is 11.3. The summed E-state index contributed by atoms with van der Waals surface area (Å²) in [5.74, 6) is 3.58. The molecular formula is C26H37N3O4. The third-order valence-electron chi connectivity index (χ3n) is 7.20. The number of nitrogens with one attached hydrogen (secondary N) is 1. The number of ether oxygens (including phenoxy) is 2. The first-order valence-corrected chi connectivity index (χ1v) is 12.4. The molecule has 2 heterocycles. The van der Waals surface area contributed by atoms with Gasteiger partial charge in [-0.25, -0.2) is 4.98 Å². The molecule has 180 valence electrons. The number of carbonyl (C=O) groups is 1. The molecule has 2 aliphatic carbocycles. The summed E-state index contributed by atoms with van der Waals surface area (Å²) in [5.41, 5.74) is 3.90. The monoisotopic (exact) mass is 455 g/mol. The molecule has 1 aromatic heterocycles. The number of nitrogens with zero attached hydrogens (tertiary/aromatic N) is 2. The number of hydrogen-bond donors (Lipinski definition) is 2. The van der Waals surface area contributed by atoms with E-state index >= 15 is 0 Å². The highest BCUT2D eigenvalue weighted by Gasteiger charge is 2.23. The molecule has 7 nitrogen and oxygen atoms in total. The molecule has 2 aromatic rings. The minimum Gasteiger partial charge on any atom is -0.493 e. The Bertz CT molecular complexity index is 939. The summed E-state index contributed by atoms with van der Waals surface area (Å²) in [6.45, 7) is 5.13. The van der Waals surface area contributed by atoms with Crippen molar-refractivity contribution in [2.45, 2.75) is 57.8 Å². The highest BCUT2D eigenvalue weighted by Crippen LogP contribution is 2.39. The summed E-state index contributed by atoms with van der Waals surface area (Å²) in [6, 6.07) is 4.25. The lowest BCUT2D eigenvalue weighted by Crippen LogP contribution is -2.22. The fourth-order valence-corrected chi connectivity index (χ4v) is 5.21. The Kier molecular flexibility index (Phi) is 8.26. The van der Waals surface area contributed by atoms with Crippen molar-refractivity contribution < 1.29 is 19.4 Å². The molecule has 0 unspecified atom stereocenters. The van der Waals surface area contributed by atoms with Crippen molar-refractivity contribution in [3.05, 3.63) is 23.3 Å². The van der Waals surface area contributed by atoms with Gasteiger partial charge in [-0.3, -0.25) is 4.79 Å². The van der Waals surface area contributed by atoms with Crippen molar-refractivity contribution in [1.82, 2.24) is 9.88 Å². The molecule has 0 spiro atoms. The predicted molar refractivity (Wildman–Crippen MR) is 131 cm³/mol. The van der Waals surface area contributed by atoms with Crippen LogP contribution in [0.2, 0.25) is 0 Å². The van der Waals surface area contributed by atoms with Crippen LogP contribution in [0.1, 0.15) is 56.1 Å². The van der Waals surface area contributed by atoms with Gasteiger partial charge in [0.2, 0.25) is 0 Å². The summed E-state index contributed by atoms with van der Waals surface area (Å²) >= 11 is 0. The van der Waals surface area contributed by atoms with Crippen molar-refractivity contribution in [2.24, 2.45) is 5.92 Å². The molecule has 1 saturated heterocycles. The largest absolute Gasteiger partial charge is 0.493 e. The third-order valence-corrected chi connectivity index (χ3v) is 7.20. The lowest BCUT2D eigenvalue weighted by molar-refractivity contribution is -0.122. The van der Waals surface area contributed by atoms with Gasteiger partial charge in [-0.2, -0.15) is 0 Å². The van der Waals surface area contributed by atoms with Crippen molar-refractivity contribution in [2.75, 3.05) is 45.2 Å². The quantitative estimate of drug-likeness (QED) is 0.425. The molecular weight excluding hydrogens is 418 g/mol. The zero-order chi connectivity index (χ0) is 23.0. The molecule has 2 N–H and O–H groups in total. The molecule has 0 radical (unpaired) electrons. The first-order chi connectivity index (χ1) is 16.2. The second-order valence-corrected chi connectivity index (χ2v) is 9.33. The second kappa shape index (κ2) is 11.5. The molecule has 3 aliphatic rings. The first-order valence-electron chi connectivity index (χ1n) is 12.4. The molecule has 5 rings (SSSR count). The van der Waals surface area contributed by atoms with Crippen molar-refractivity contribution in [3.8, 4) is 11.5 Å². The number of aromatic nitrogens is 1. The average Bonchev–Trinajstić information content (AvgIpc) is 3.48. The number of carboxylic acid groups (broad SMARTS) is 1. The number of hydrogen-bond acceptors (Lipinski definition) is 6. The van der Waals surface area contributed by atoms with E-state index in [-0.39, 0.29) is 6.47 Å². The molecule has 1 aromatic carbocycles. The molecule has 0 atom stereocenters. The fourth-order valence-electron chi connectivity index (χ4n) is 5.21. The van der Waals surface area contributed by atoms with E-state index in [0.29, 0.717) is 0 Å². The van der Waals surface area contributed by atoms with E-state index in [2.05, 4.69) is 22.3 Å². The minimum absolute atomic E-state index is 0.250. The van der Waals surface area contributed by atoms with E-state index in [1.165, 1.54) is 68.1 Å². The Balaban J connectivity index is 0.000000821. The molecule has 1 saturated carbocycles. The van der Waals surface area contributed by atoms with Gasteiger partial charge >= 0.3 is 0 Å². The van der Waals surface area contributed by atoms with Crippen LogP contribution in [0.5, 0.6) is 11.5 Å². The van der Waals surface area contributed by atoms with E-state index in [0.717, 1.165) is 67.7 Å². The third kappa shape index (κ3) is 5.69. The van der Waals surface area contributed by atoms with Gasteiger partial charge in [0.1, 0.15) is 5.82 Å². The summed E-state index contributed by atoms with van der Waals surface area (Å²) in [5, 5.41) is 11.8. The Labute approximate surface area is 196 Å². The standard InChI is InChI=1S/C25H35N3O2.CH2O2/c1-29-23-15-21-19-9-5-10-20(19)25(26-17-18-7-4-8-18)27-22(21)16-24(23)30-14-6-13-28-11-2-3-12-28;2-1-3/h15-16,18H,2-14,17H2,1H3,(H,26,27);1H,(H,2,3). The number of pyridine rings is 1. The number of anilines is 1. The molecule has 2 fully saturated rings. The molecule has 1 aliphatic heterocycles. The van der Waals surface area contributed by atoms with Gasteiger partial charge in [0, 0.05) is 24.5 Å². The van der Waals surface area contributed by atoms with Crippen LogP contribution in [-0.4, -0.2) is 61.4 Å². The maximum absolute atomic E-state index is 8.36. The van der Waals surface area contributed by atoms with E-state index in [9.17, 15) is 0 Å². The van der Waals surface area contributed by atoms with Crippen LogP contribution in [0.25, 0.3) is 10.9 Å². The number of methoxy groups -OCH3 is 1. The van der Waals surface area contributed by atoms with E-state index in [1.54, 1.807) is 7.11 Å². The molecule has 7 heteroatoms. The molecule has 33 heavy (non-hydrogen) atoms. The van der Waals surface area contributed by atoms with Gasteiger partial charge in [0.15, 0.2) is 11.5 Å². The van der Waals surface area contributed by atoms with E-state index in [1.807, 2.05) is 0 Å². The number of likely N-dealkylation sites (tertiary alicyclic amines) is 1. The Morgan fingerprint density at radius 2 is 1.88 bits per heavy atom. The van der Waals surface area contributed by atoms with Crippen LogP contribution in [-0.2, 0) is 17.6 Å². The van der Waals surface area contributed by atoms with Crippen LogP contribution in [0.15, 0.2) is 12.1 Å². The van der Waals surface area contributed by atoms with Crippen molar-refractivity contribution in [1.29, 1.82) is 0 Å². The van der Waals surface area contributed by atoms with Crippen LogP contribution in [0.4, 0.5) is 5.82 Å². The normalized spacial score (nSPS) is 17.7. The maximum Gasteiger partial charge on any atom is 0.290 e. The lowest BCUT2D eigenvalue weighted by Gasteiger charge is -2.26. The van der Waals surface area contributed by atoms with Crippen molar-refractivity contribution in [3.63, 3.8) is 0 Å². The maximum atomic E-state index is 8.36. The Morgan fingerprint density at radius 3 is 2.58 bits per heavy atom. The smallest absolute Gasteiger partial charge is 0.290 e. The average molecular weight is 456 g/mol. The van der Waals surface area contributed by atoms with Gasteiger partial charge < -0.3 is 24.8 Å². The van der Waals surface area contributed by atoms with Crippen LogP contribution in [0, 0.1) is 5.92 Å². The van der Waals surface area contributed by atoms with E-state index < -0.39 is 0 Å². The first kappa shape index (κ1) is 23.6. The van der Waals surface area contributed by atoms with Gasteiger partial charge in [0.25, 0.3) is 6.47 Å².